The van der Waals surface area contributed by atoms with E-state index in [0.29, 0.717) is 12.3 Å². The van der Waals surface area contributed by atoms with E-state index >= 15 is 0 Å². The predicted molar refractivity (Wildman–Crippen MR) is 105 cm³/mol. The number of hydrogen-bond acceptors (Lipinski definition) is 4. The average Bonchev–Trinajstić information content (AvgIpc) is 3.42. The van der Waals surface area contributed by atoms with Crippen molar-refractivity contribution in [2.75, 3.05) is 11.4 Å². The van der Waals surface area contributed by atoms with Crippen LogP contribution in [0.15, 0.2) is 36.4 Å². The molecule has 30 heavy (non-hydrogen) atoms. The first-order valence-corrected chi connectivity index (χ1v) is 9.66. The minimum absolute atomic E-state index is 0.00819. The molecule has 0 spiro atoms. The third kappa shape index (κ3) is 6.69. The summed E-state index contributed by atoms with van der Waals surface area (Å²) in [7, 11) is 0. The van der Waals surface area contributed by atoms with Crippen LogP contribution in [0.2, 0.25) is 0 Å². The summed E-state index contributed by atoms with van der Waals surface area (Å²) < 4.78 is 31.7. The zero-order chi connectivity index (χ0) is 22.5. The van der Waals surface area contributed by atoms with Crippen molar-refractivity contribution >= 4 is 23.3 Å². The highest BCUT2D eigenvalue weighted by Crippen LogP contribution is 2.39. The molecule has 2 atom stereocenters. The van der Waals surface area contributed by atoms with Crippen molar-refractivity contribution < 1.29 is 32.7 Å². The first kappa shape index (κ1) is 23.6. The number of benzene rings is 1. The summed E-state index contributed by atoms with van der Waals surface area (Å²) in [6.45, 7) is 2.46. The molecule has 0 saturated heterocycles. The minimum atomic E-state index is -5.08. The SMILES string of the molecule is C[C@H](N)C(=O)C[C@H](/C=C/C(=O)N1CCc2ccccc21)C1CC1.O=C(O)C(F)(F)F. The Morgan fingerprint density at radius 3 is 2.40 bits per heavy atom. The Morgan fingerprint density at radius 1 is 1.27 bits per heavy atom. The third-order valence-corrected chi connectivity index (χ3v) is 5.05. The summed E-state index contributed by atoms with van der Waals surface area (Å²) in [6, 6.07) is 7.60. The molecule has 2 aliphatic rings. The molecule has 0 unspecified atom stereocenters. The Bertz CT molecular complexity index is 817. The number of amides is 1. The van der Waals surface area contributed by atoms with Gasteiger partial charge in [-0.25, -0.2) is 4.79 Å². The van der Waals surface area contributed by atoms with E-state index in [1.54, 1.807) is 13.0 Å². The Labute approximate surface area is 172 Å². The van der Waals surface area contributed by atoms with Crippen LogP contribution in [-0.2, 0) is 20.8 Å². The number of para-hydroxylation sites is 1. The predicted octanol–water partition coefficient (Wildman–Crippen LogP) is 3.10. The van der Waals surface area contributed by atoms with Crippen LogP contribution < -0.4 is 10.6 Å². The Balaban J connectivity index is 0.000000396. The van der Waals surface area contributed by atoms with Gasteiger partial charge < -0.3 is 15.7 Å². The van der Waals surface area contributed by atoms with Gasteiger partial charge in [0, 0.05) is 18.7 Å². The van der Waals surface area contributed by atoms with Gasteiger partial charge in [0.2, 0.25) is 0 Å². The van der Waals surface area contributed by atoms with E-state index in [1.807, 2.05) is 29.2 Å². The van der Waals surface area contributed by atoms with E-state index in [2.05, 4.69) is 6.07 Å². The van der Waals surface area contributed by atoms with Gasteiger partial charge in [-0.2, -0.15) is 13.2 Å². The molecule has 3 rings (SSSR count). The molecule has 1 aliphatic carbocycles. The van der Waals surface area contributed by atoms with Crippen LogP contribution in [-0.4, -0.2) is 41.5 Å². The Hall–Kier alpha value is -2.68. The van der Waals surface area contributed by atoms with Crippen LogP contribution in [0.5, 0.6) is 0 Å². The molecule has 1 heterocycles. The fourth-order valence-corrected chi connectivity index (χ4v) is 3.20. The number of Topliss-reactive ketones (excluding diaryl/α,β-unsaturated/α-hetero) is 1. The maximum absolute atomic E-state index is 12.5. The van der Waals surface area contributed by atoms with Crippen LogP contribution in [0, 0.1) is 11.8 Å². The molecule has 1 amide bonds. The van der Waals surface area contributed by atoms with Crippen LogP contribution in [0.3, 0.4) is 0 Å². The molecule has 1 aliphatic heterocycles. The van der Waals surface area contributed by atoms with E-state index in [9.17, 15) is 22.8 Å². The fraction of sp³-hybridized carbons (Fsp3) is 0.476. The Morgan fingerprint density at radius 2 is 1.87 bits per heavy atom. The van der Waals surface area contributed by atoms with Gasteiger partial charge in [-0.15, -0.1) is 0 Å². The molecule has 1 fully saturated rings. The highest BCUT2D eigenvalue weighted by atomic mass is 19.4. The highest BCUT2D eigenvalue weighted by Gasteiger charge is 2.38. The molecule has 0 aromatic heterocycles. The number of allylic oxidation sites excluding steroid dienone is 1. The number of aliphatic carboxylic acids is 1. The number of alkyl halides is 3. The van der Waals surface area contributed by atoms with E-state index in [0.717, 1.165) is 31.5 Å². The number of rotatable bonds is 6. The van der Waals surface area contributed by atoms with Crippen LogP contribution in [0.1, 0.15) is 31.7 Å². The number of carbonyl (C=O) groups excluding carboxylic acids is 2. The lowest BCUT2D eigenvalue weighted by Crippen LogP contribution is -2.29. The topological polar surface area (TPSA) is 101 Å². The summed E-state index contributed by atoms with van der Waals surface area (Å²) >= 11 is 0. The lowest BCUT2D eigenvalue weighted by atomic mass is 9.94. The third-order valence-electron chi connectivity index (χ3n) is 5.05. The molecule has 164 valence electrons. The van der Waals surface area contributed by atoms with Crippen molar-refractivity contribution in [3.8, 4) is 0 Å². The largest absolute Gasteiger partial charge is 0.490 e. The number of ketones is 1. The van der Waals surface area contributed by atoms with Gasteiger partial charge in [0.05, 0.1) is 6.04 Å². The molecule has 6 nitrogen and oxygen atoms in total. The number of halogens is 3. The molecule has 1 aromatic carbocycles. The minimum Gasteiger partial charge on any atom is -0.475 e. The molecule has 1 saturated carbocycles. The number of carbonyl (C=O) groups is 3. The summed E-state index contributed by atoms with van der Waals surface area (Å²) in [5.74, 6) is -1.99. The number of carboxylic acids is 1. The molecule has 0 radical (unpaired) electrons. The number of fused-ring (bicyclic) bond motifs is 1. The number of nitrogens with zero attached hydrogens (tertiary/aromatic N) is 1. The summed E-state index contributed by atoms with van der Waals surface area (Å²) in [4.78, 5) is 35.1. The summed E-state index contributed by atoms with van der Waals surface area (Å²) in [5, 5.41) is 7.12. The zero-order valence-electron chi connectivity index (χ0n) is 16.6. The quantitative estimate of drug-likeness (QED) is 0.681. The van der Waals surface area contributed by atoms with Crippen molar-refractivity contribution in [1.29, 1.82) is 0 Å². The van der Waals surface area contributed by atoms with Gasteiger partial charge in [-0.1, -0.05) is 24.3 Å². The molecular formula is C21H25F3N2O4. The molecule has 9 heteroatoms. The van der Waals surface area contributed by atoms with Crippen LogP contribution in [0.25, 0.3) is 0 Å². The normalized spacial score (nSPS) is 17.7. The number of anilines is 1. The van der Waals surface area contributed by atoms with Gasteiger partial charge >= 0.3 is 12.1 Å². The van der Waals surface area contributed by atoms with Crippen molar-refractivity contribution in [3.05, 3.63) is 42.0 Å². The summed E-state index contributed by atoms with van der Waals surface area (Å²) in [6.07, 6.45) is 2.14. The molecular weight excluding hydrogens is 401 g/mol. The van der Waals surface area contributed by atoms with Crippen molar-refractivity contribution in [3.63, 3.8) is 0 Å². The standard InChI is InChI=1S/C19H24N2O2.C2HF3O2/c1-13(20)18(22)12-16(14-6-7-14)8-9-19(23)21-11-10-15-4-2-3-5-17(15)21;3-2(4,5)1(6)7/h2-5,8-9,13-14,16H,6-7,10-12,20H2,1H3;(H,6,7)/b9-8+;/t13-,16-;/m0./s1. The second kappa shape index (κ2) is 9.88. The highest BCUT2D eigenvalue weighted by molar-refractivity contribution is 6.02. The van der Waals surface area contributed by atoms with Crippen molar-refractivity contribution in [1.82, 2.24) is 0 Å². The summed E-state index contributed by atoms with van der Waals surface area (Å²) in [5.41, 5.74) is 7.90. The smallest absolute Gasteiger partial charge is 0.475 e. The van der Waals surface area contributed by atoms with Crippen LogP contribution in [0.4, 0.5) is 18.9 Å². The fourth-order valence-electron chi connectivity index (χ4n) is 3.20. The lowest BCUT2D eigenvalue weighted by molar-refractivity contribution is -0.192. The average molecular weight is 426 g/mol. The zero-order valence-corrected chi connectivity index (χ0v) is 16.6. The van der Waals surface area contributed by atoms with Gasteiger partial charge in [0.1, 0.15) is 5.78 Å². The van der Waals surface area contributed by atoms with Crippen molar-refractivity contribution in [2.45, 2.75) is 44.8 Å². The van der Waals surface area contributed by atoms with E-state index in [1.165, 1.54) is 5.56 Å². The van der Waals surface area contributed by atoms with Gasteiger partial charge in [-0.3, -0.25) is 9.59 Å². The molecule has 3 N–H and O–H groups in total. The van der Waals surface area contributed by atoms with Gasteiger partial charge in [0.15, 0.2) is 0 Å². The van der Waals surface area contributed by atoms with E-state index in [-0.39, 0.29) is 17.6 Å². The second-order valence-electron chi connectivity index (χ2n) is 7.49. The van der Waals surface area contributed by atoms with Gasteiger partial charge in [0.25, 0.3) is 5.91 Å². The first-order valence-electron chi connectivity index (χ1n) is 9.66. The number of nitrogens with two attached hydrogens (primary N) is 1. The monoisotopic (exact) mass is 426 g/mol. The Kier molecular flexibility index (Phi) is 7.77. The second-order valence-corrected chi connectivity index (χ2v) is 7.49. The van der Waals surface area contributed by atoms with E-state index < -0.39 is 18.2 Å². The van der Waals surface area contributed by atoms with E-state index in [4.69, 9.17) is 15.6 Å². The number of carboxylic acid groups (broad SMARTS) is 1. The van der Waals surface area contributed by atoms with Gasteiger partial charge in [-0.05, 0) is 55.7 Å². The van der Waals surface area contributed by atoms with Crippen LogP contribution >= 0.6 is 0 Å². The maximum Gasteiger partial charge on any atom is 0.490 e. The molecule has 0 bridgehead atoms. The number of hydrogen-bond donors (Lipinski definition) is 2. The molecule has 1 aromatic rings. The first-order chi connectivity index (χ1) is 14.0. The van der Waals surface area contributed by atoms with Crippen molar-refractivity contribution in [2.24, 2.45) is 17.6 Å². The lowest BCUT2D eigenvalue weighted by Gasteiger charge is -2.16. The maximum atomic E-state index is 12.5.